The van der Waals surface area contributed by atoms with Crippen molar-refractivity contribution < 1.29 is 14.6 Å². The number of hydrogen-bond acceptors (Lipinski definition) is 4. The van der Waals surface area contributed by atoms with Gasteiger partial charge in [-0.05, 0) is 31.0 Å². The van der Waals surface area contributed by atoms with E-state index in [9.17, 15) is 5.11 Å². The fourth-order valence-corrected chi connectivity index (χ4v) is 2.08. The zero-order valence-electron chi connectivity index (χ0n) is 12.6. The van der Waals surface area contributed by atoms with Crippen molar-refractivity contribution in [2.24, 2.45) is 0 Å². The molecule has 0 saturated carbocycles. The third kappa shape index (κ3) is 4.28. The Morgan fingerprint density at radius 3 is 2.43 bits per heavy atom. The summed E-state index contributed by atoms with van der Waals surface area (Å²) in [5.74, 6) is 0.664. The molecule has 0 saturated heterocycles. The first kappa shape index (κ1) is 15.5. The number of methoxy groups -OCH3 is 1. The molecule has 0 fully saturated rings. The number of ether oxygens (including phenoxy) is 2. The molecular weight excluding hydrogens is 266 g/mol. The highest BCUT2D eigenvalue weighted by atomic mass is 16.5. The molecule has 1 unspecified atom stereocenters. The summed E-state index contributed by atoms with van der Waals surface area (Å²) < 4.78 is 10.7. The van der Waals surface area contributed by atoms with Crippen LogP contribution in [0.3, 0.4) is 0 Å². The van der Waals surface area contributed by atoms with Crippen molar-refractivity contribution in [3.63, 3.8) is 0 Å². The van der Waals surface area contributed by atoms with E-state index in [2.05, 4.69) is 4.98 Å². The van der Waals surface area contributed by atoms with Crippen LogP contribution in [0.25, 0.3) is 0 Å². The average molecular weight is 287 g/mol. The van der Waals surface area contributed by atoms with Crippen molar-refractivity contribution in [1.29, 1.82) is 0 Å². The molecule has 2 aromatic rings. The number of benzene rings is 1. The number of hydrogen-bond donors (Lipinski definition) is 1. The minimum atomic E-state index is -0.718. The minimum Gasteiger partial charge on any atom is -0.489 e. The zero-order chi connectivity index (χ0) is 15.2. The second-order valence-corrected chi connectivity index (χ2v) is 5.20. The van der Waals surface area contributed by atoms with Gasteiger partial charge in [-0.1, -0.05) is 24.3 Å². The molecular formula is C17H21NO3. The van der Waals surface area contributed by atoms with Gasteiger partial charge in [-0.15, -0.1) is 0 Å². The molecule has 0 spiro atoms. The van der Waals surface area contributed by atoms with E-state index in [4.69, 9.17) is 9.47 Å². The molecule has 0 radical (unpaired) electrons. The number of nitrogens with zero attached hydrogens (tertiary/aromatic N) is 1. The summed E-state index contributed by atoms with van der Waals surface area (Å²) in [6, 6.07) is 9.51. The minimum absolute atomic E-state index is 0.0764. The molecule has 0 aliphatic rings. The SMILES string of the molecule is COCc1ccc(C(O)c2cncc(OC(C)C)c2)cc1. The van der Waals surface area contributed by atoms with Crippen molar-refractivity contribution in [2.45, 2.75) is 32.7 Å². The molecule has 112 valence electrons. The zero-order valence-corrected chi connectivity index (χ0v) is 12.6. The summed E-state index contributed by atoms with van der Waals surface area (Å²) in [6.07, 6.45) is 2.66. The van der Waals surface area contributed by atoms with Gasteiger partial charge in [0.1, 0.15) is 11.9 Å². The fraction of sp³-hybridized carbons (Fsp3) is 0.353. The Bertz CT molecular complexity index is 567. The first-order chi connectivity index (χ1) is 10.1. The van der Waals surface area contributed by atoms with Gasteiger partial charge >= 0.3 is 0 Å². The van der Waals surface area contributed by atoms with E-state index in [1.807, 2.05) is 44.2 Å². The molecule has 1 N–H and O–H groups in total. The van der Waals surface area contributed by atoms with E-state index in [0.717, 1.165) is 11.1 Å². The van der Waals surface area contributed by atoms with Gasteiger partial charge in [0, 0.05) is 18.9 Å². The topological polar surface area (TPSA) is 51.6 Å². The first-order valence-corrected chi connectivity index (χ1v) is 6.97. The van der Waals surface area contributed by atoms with E-state index in [1.165, 1.54) is 0 Å². The lowest BCUT2D eigenvalue weighted by molar-refractivity contribution is 0.184. The van der Waals surface area contributed by atoms with Crippen molar-refractivity contribution in [2.75, 3.05) is 7.11 Å². The molecule has 0 amide bonds. The van der Waals surface area contributed by atoms with Crippen LogP contribution in [0.2, 0.25) is 0 Å². The summed E-state index contributed by atoms with van der Waals surface area (Å²) in [7, 11) is 1.66. The number of aliphatic hydroxyl groups excluding tert-OH is 1. The van der Waals surface area contributed by atoms with Gasteiger partial charge < -0.3 is 14.6 Å². The van der Waals surface area contributed by atoms with Crippen LogP contribution in [0.15, 0.2) is 42.7 Å². The van der Waals surface area contributed by atoms with Gasteiger partial charge in [0.2, 0.25) is 0 Å². The highest BCUT2D eigenvalue weighted by Crippen LogP contribution is 2.25. The lowest BCUT2D eigenvalue weighted by atomic mass is 10.0. The van der Waals surface area contributed by atoms with Crippen LogP contribution in [0, 0.1) is 0 Å². The molecule has 0 bridgehead atoms. The molecule has 21 heavy (non-hydrogen) atoms. The molecule has 0 aliphatic carbocycles. The van der Waals surface area contributed by atoms with Crippen molar-refractivity contribution >= 4 is 0 Å². The highest BCUT2D eigenvalue weighted by molar-refractivity contribution is 5.33. The van der Waals surface area contributed by atoms with Crippen molar-refractivity contribution in [3.05, 3.63) is 59.4 Å². The molecule has 4 heteroatoms. The van der Waals surface area contributed by atoms with Crippen molar-refractivity contribution in [3.8, 4) is 5.75 Å². The number of aromatic nitrogens is 1. The first-order valence-electron chi connectivity index (χ1n) is 6.97. The normalized spacial score (nSPS) is 12.4. The maximum Gasteiger partial charge on any atom is 0.138 e. The second-order valence-electron chi connectivity index (χ2n) is 5.20. The molecule has 0 aliphatic heterocycles. The maximum atomic E-state index is 10.4. The van der Waals surface area contributed by atoms with E-state index >= 15 is 0 Å². The molecule has 1 aromatic carbocycles. The number of rotatable bonds is 6. The smallest absolute Gasteiger partial charge is 0.138 e. The summed E-state index contributed by atoms with van der Waals surface area (Å²) >= 11 is 0. The average Bonchev–Trinajstić information content (AvgIpc) is 2.47. The molecule has 1 atom stereocenters. The summed E-state index contributed by atoms with van der Waals surface area (Å²) in [5, 5.41) is 10.4. The Hall–Kier alpha value is -1.91. The Morgan fingerprint density at radius 1 is 1.10 bits per heavy atom. The summed E-state index contributed by atoms with van der Waals surface area (Å²) in [4.78, 5) is 4.13. The monoisotopic (exact) mass is 287 g/mol. The van der Waals surface area contributed by atoms with Gasteiger partial charge in [-0.3, -0.25) is 4.98 Å². The molecule has 4 nitrogen and oxygen atoms in total. The Labute approximate surface area is 125 Å². The Kier molecular flexibility index (Phi) is 5.31. The van der Waals surface area contributed by atoms with Gasteiger partial charge in [0.05, 0.1) is 18.9 Å². The van der Waals surface area contributed by atoms with Crippen LogP contribution in [0.1, 0.15) is 36.6 Å². The van der Waals surface area contributed by atoms with Crippen LogP contribution >= 0.6 is 0 Å². The van der Waals surface area contributed by atoms with E-state index in [0.29, 0.717) is 17.9 Å². The van der Waals surface area contributed by atoms with Gasteiger partial charge in [-0.2, -0.15) is 0 Å². The number of aliphatic hydroxyl groups is 1. The van der Waals surface area contributed by atoms with E-state index < -0.39 is 6.10 Å². The third-order valence-electron chi connectivity index (χ3n) is 3.03. The predicted octanol–water partition coefficient (Wildman–Crippen LogP) is 3.10. The van der Waals surface area contributed by atoms with Gasteiger partial charge in [0.15, 0.2) is 0 Å². The molecule has 2 rings (SSSR count). The summed E-state index contributed by atoms with van der Waals surface area (Å²) in [6.45, 7) is 4.48. The quantitative estimate of drug-likeness (QED) is 0.887. The summed E-state index contributed by atoms with van der Waals surface area (Å²) in [5.41, 5.74) is 2.61. The van der Waals surface area contributed by atoms with Gasteiger partial charge in [-0.25, -0.2) is 0 Å². The Balaban J connectivity index is 2.16. The van der Waals surface area contributed by atoms with Crippen LogP contribution < -0.4 is 4.74 Å². The highest BCUT2D eigenvalue weighted by Gasteiger charge is 2.12. The number of pyridine rings is 1. The maximum absolute atomic E-state index is 10.4. The standard InChI is InChI=1S/C17H21NO3/c1-12(2)21-16-8-15(9-18-10-16)17(19)14-6-4-13(5-7-14)11-20-3/h4-10,12,17,19H,11H2,1-3H3. The van der Waals surface area contributed by atoms with Crippen LogP contribution in [0.5, 0.6) is 5.75 Å². The van der Waals surface area contributed by atoms with Crippen LogP contribution in [-0.4, -0.2) is 23.3 Å². The Morgan fingerprint density at radius 2 is 1.81 bits per heavy atom. The van der Waals surface area contributed by atoms with E-state index in [1.54, 1.807) is 19.5 Å². The van der Waals surface area contributed by atoms with Crippen LogP contribution in [0.4, 0.5) is 0 Å². The second kappa shape index (κ2) is 7.20. The van der Waals surface area contributed by atoms with E-state index in [-0.39, 0.29) is 6.10 Å². The predicted molar refractivity (Wildman–Crippen MR) is 81.2 cm³/mol. The molecule has 1 aromatic heterocycles. The van der Waals surface area contributed by atoms with Gasteiger partial charge in [0.25, 0.3) is 0 Å². The fourth-order valence-electron chi connectivity index (χ4n) is 2.08. The lowest BCUT2D eigenvalue weighted by Gasteiger charge is -2.14. The molecule has 1 heterocycles. The van der Waals surface area contributed by atoms with Crippen molar-refractivity contribution in [1.82, 2.24) is 4.98 Å². The van der Waals surface area contributed by atoms with Crippen LogP contribution in [-0.2, 0) is 11.3 Å². The lowest BCUT2D eigenvalue weighted by Crippen LogP contribution is -2.07. The third-order valence-corrected chi connectivity index (χ3v) is 3.03. The largest absolute Gasteiger partial charge is 0.489 e.